The summed E-state index contributed by atoms with van der Waals surface area (Å²) in [7, 11) is 0. The molecule has 0 amide bonds. The van der Waals surface area contributed by atoms with Crippen LogP contribution in [0.25, 0.3) is 0 Å². The molecule has 0 spiro atoms. The molecule has 0 radical (unpaired) electrons. The Hall–Kier alpha value is -3.00. The summed E-state index contributed by atoms with van der Waals surface area (Å²) in [5.41, 5.74) is 1.84. The van der Waals surface area contributed by atoms with Crippen molar-refractivity contribution in [3.05, 3.63) is 65.7 Å². The number of nitriles is 1. The first-order chi connectivity index (χ1) is 12.5. The average molecular weight is 348 g/mol. The monoisotopic (exact) mass is 348 g/mol. The van der Waals surface area contributed by atoms with Gasteiger partial charge >= 0.3 is 0 Å². The third-order valence-corrected chi connectivity index (χ3v) is 4.95. The Bertz CT molecular complexity index is 823. The molecular weight excluding hydrogens is 324 g/mol. The fourth-order valence-electron chi connectivity index (χ4n) is 3.16. The van der Waals surface area contributed by atoms with Gasteiger partial charge in [0.05, 0.1) is 12.6 Å². The molecule has 5 nitrogen and oxygen atoms in total. The summed E-state index contributed by atoms with van der Waals surface area (Å²) in [5, 5.41) is 15.2. The third-order valence-electron chi connectivity index (χ3n) is 4.95. The predicted octanol–water partition coefficient (Wildman–Crippen LogP) is 3.75. The van der Waals surface area contributed by atoms with Crippen LogP contribution in [0.1, 0.15) is 37.9 Å². The second-order valence-electron chi connectivity index (χ2n) is 7.04. The first-order valence-corrected chi connectivity index (χ1v) is 8.79. The van der Waals surface area contributed by atoms with Crippen LogP contribution < -0.4 is 15.4 Å². The fraction of sp³-hybridized carbons (Fsp3) is 0.333. The molecule has 0 fully saturated rings. The van der Waals surface area contributed by atoms with Gasteiger partial charge in [0.1, 0.15) is 11.4 Å². The van der Waals surface area contributed by atoms with Crippen molar-refractivity contribution in [2.45, 2.75) is 39.0 Å². The lowest BCUT2D eigenvalue weighted by Gasteiger charge is -2.43. The average Bonchev–Trinajstić information content (AvgIpc) is 2.64. The van der Waals surface area contributed by atoms with Crippen LogP contribution in [-0.2, 0) is 6.54 Å². The SMILES string of the molecule is CC1C(NC(=NCc2ccccc2)NC#N)c2ccccc2OC1(C)C. The van der Waals surface area contributed by atoms with Gasteiger partial charge in [-0.1, -0.05) is 55.5 Å². The van der Waals surface area contributed by atoms with Crippen molar-refractivity contribution in [3.8, 4) is 11.9 Å². The fourth-order valence-corrected chi connectivity index (χ4v) is 3.16. The Labute approximate surface area is 154 Å². The van der Waals surface area contributed by atoms with Crippen LogP contribution in [0.15, 0.2) is 59.6 Å². The number of nitrogens with one attached hydrogen (secondary N) is 2. The van der Waals surface area contributed by atoms with E-state index in [1.807, 2.05) is 54.7 Å². The second kappa shape index (κ2) is 7.49. The molecule has 0 saturated carbocycles. The highest BCUT2D eigenvalue weighted by Crippen LogP contribution is 2.43. The van der Waals surface area contributed by atoms with Crippen molar-refractivity contribution in [2.75, 3.05) is 0 Å². The molecule has 0 aliphatic carbocycles. The largest absolute Gasteiger partial charge is 0.487 e. The maximum atomic E-state index is 9.12. The Morgan fingerprint density at radius 2 is 1.85 bits per heavy atom. The number of ether oxygens (including phenoxy) is 1. The maximum absolute atomic E-state index is 9.12. The standard InChI is InChI=1S/C21H24N4O/c1-15-19(17-11-7-8-12-18(17)26-21(15,2)3)25-20(24-14-22)23-13-16-9-5-4-6-10-16/h4-12,15,19H,13H2,1-3H3,(H2,23,24,25). The zero-order valence-electron chi connectivity index (χ0n) is 15.4. The van der Waals surface area contributed by atoms with E-state index in [-0.39, 0.29) is 17.6 Å². The molecular formula is C21H24N4O. The molecule has 26 heavy (non-hydrogen) atoms. The van der Waals surface area contributed by atoms with E-state index >= 15 is 0 Å². The zero-order valence-corrected chi connectivity index (χ0v) is 15.4. The van der Waals surface area contributed by atoms with Gasteiger partial charge < -0.3 is 10.1 Å². The van der Waals surface area contributed by atoms with E-state index < -0.39 is 0 Å². The lowest BCUT2D eigenvalue weighted by Crippen LogP contribution is -2.50. The minimum absolute atomic E-state index is 0.00896. The van der Waals surface area contributed by atoms with Crippen molar-refractivity contribution in [3.63, 3.8) is 0 Å². The van der Waals surface area contributed by atoms with Crippen LogP contribution in [0.3, 0.4) is 0 Å². The molecule has 1 heterocycles. The molecule has 2 unspecified atom stereocenters. The maximum Gasteiger partial charge on any atom is 0.205 e. The van der Waals surface area contributed by atoms with E-state index in [1.165, 1.54) is 0 Å². The second-order valence-corrected chi connectivity index (χ2v) is 7.04. The summed E-state index contributed by atoms with van der Waals surface area (Å²) in [6, 6.07) is 18.0. The summed E-state index contributed by atoms with van der Waals surface area (Å²) in [4.78, 5) is 4.56. The molecule has 2 aromatic carbocycles. The lowest BCUT2D eigenvalue weighted by molar-refractivity contribution is 0.0158. The van der Waals surface area contributed by atoms with E-state index in [4.69, 9.17) is 10.00 Å². The predicted molar refractivity (Wildman–Crippen MR) is 103 cm³/mol. The molecule has 2 N–H and O–H groups in total. The highest BCUT2D eigenvalue weighted by atomic mass is 16.5. The van der Waals surface area contributed by atoms with E-state index in [0.29, 0.717) is 12.5 Å². The Morgan fingerprint density at radius 1 is 1.15 bits per heavy atom. The summed E-state index contributed by atoms with van der Waals surface area (Å²) in [6.45, 7) is 6.82. The van der Waals surface area contributed by atoms with Crippen molar-refractivity contribution in [2.24, 2.45) is 10.9 Å². The van der Waals surface area contributed by atoms with E-state index in [0.717, 1.165) is 16.9 Å². The molecule has 1 aliphatic heterocycles. The Balaban J connectivity index is 1.87. The van der Waals surface area contributed by atoms with Gasteiger partial charge in [-0.3, -0.25) is 5.32 Å². The number of rotatable bonds is 3. The number of benzene rings is 2. The van der Waals surface area contributed by atoms with E-state index in [1.54, 1.807) is 0 Å². The van der Waals surface area contributed by atoms with Crippen molar-refractivity contribution < 1.29 is 4.74 Å². The highest BCUT2D eigenvalue weighted by Gasteiger charge is 2.41. The van der Waals surface area contributed by atoms with E-state index in [9.17, 15) is 0 Å². The van der Waals surface area contributed by atoms with Crippen LogP contribution in [0.4, 0.5) is 0 Å². The highest BCUT2D eigenvalue weighted by molar-refractivity contribution is 5.81. The van der Waals surface area contributed by atoms with Crippen LogP contribution in [0.5, 0.6) is 5.75 Å². The van der Waals surface area contributed by atoms with Gasteiger partial charge in [0, 0.05) is 11.5 Å². The molecule has 134 valence electrons. The third kappa shape index (κ3) is 3.80. The van der Waals surface area contributed by atoms with Crippen LogP contribution >= 0.6 is 0 Å². The molecule has 1 aliphatic rings. The van der Waals surface area contributed by atoms with Crippen LogP contribution in [-0.4, -0.2) is 11.6 Å². The van der Waals surface area contributed by atoms with Crippen molar-refractivity contribution >= 4 is 5.96 Å². The molecule has 5 heteroatoms. The summed E-state index contributed by atoms with van der Waals surface area (Å²) >= 11 is 0. The minimum Gasteiger partial charge on any atom is -0.487 e. The van der Waals surface area contributed by atoms with Gasteiger partial charge in [0.25, 0.3) is 0 Å². The number of guanidine groups is 1. The van der Waals surface area contributed by atoms with Gasteiger partial charge in [-0.2, -0.15) is 5.26 Å². The van der Waals surface area contributed by atoms with Crippen LogP contribution in [0.2, 0.25) is 0 Å². The van der Waals surface area contributed by atoms with Crippen molar-refractivity contribution in [1.82, 2.24) is 10.6 Å². The first-order valence-electron chi connectivity index (χ1n) is 8.79. The number of aliphatic imine (C=N–C) groups is 1. The molecule has 0 bridgehead atoms. The number of hydrogen-bond acceptors (Lipinski definition) is 3. The normalized spacial score (nSPS) is 21.1. The molecule has 0 saturated heterocycles. The number of nitrogens with zero attached hydrogens (tertiary/aromatic N) is 2. The quantitative estimate of drug-likeness (QED) is 0.384. The van der Waals surface area contributed by atoms with Gasteiger partial charge in [-0.05, 0) is 25.5 Å². The first kappa shape index (κ1) is 17.8. The summed E-state index contributed by atoms with van der Waals surface area (Å²) in [6.07, 6.45) is 1.98. The van der Waals surface area contributed by atoms with Crippen LogP contribution in [0, 0.1) is 17.4 Å². The topological polar surface area (TPSA) is 69.4 Å². The molecule has 3 rings (SSSR count). The molecule has 2 aromatic rings. The lowest BCUT2D eigenvalue weighted by atomic mass is 9.80. The van der Waals surface area contributed by atoms with Gasteiger partial charge in [-0.15, -0.1) is 0 Å². The van der Waals surface area contributed by atoms with Gasteiger partial charge in [-0.25, -0.2) is 4.99 Å². The van der Waals surface area contributed by atoms with E-state index in [2.05, 4.69) is 42.5 Å². The molecule has 2 atom stereocenters. The Kier molecular flexibility index (Phi) is 5.13. The number of hydrogen-bond donors (Lipinski definition) is 2. The summed E-state index contributed by atoms with van der Waals surface area (Å²) < 4.78 is 6.17. The van der Waals surface area contributed by atoms with Gasteiger partial charge in [0.2, 0.25) is 5.96 Å². The smallest absolute Gasteiger partial charge is 0.205 e. The minimum atomic E-state index is -0.330. The van der Waals surface area contributed by atoms with Crippen molar-refractivity contribution in [1.29, 1.82) is 5.26 Å². The number of fused-ring (bicyclic) bond motifs is 1. The summed E-state index contributed by atoms with van der Waals surface area (Å²) in [5.74, 6) is 1.52. The Morgan fingerprint density at radius 3 is 2.58 bits per heavy atom. The molecule has 0 aromatic heterocycles. The zero-order chi connectivity index (χ0) is 18.6. The van der Waals surface area contributed by atoms with Gasteiger partial charge in [0.15, 0.2) is 6.19 Å². The number of para-hydroxylation sites is 1.